The molecule has 0 heterocycles. The van der Waals surface area contributed by atoms with Crippen LogP contribution in [-0.2, 0) is 4.79 Å². The first-order chi connectivity index (χ1) is 8.49. The second-order valence-corrected chi connectivity index (χ2v) is 4.91. The SMILES string of the molecule is CC(C)=CC(=O)Nc1ccccc1OCC(C)C. The average Bonchev–Trinajstić information content (AvgIpc) is 2.26. The summed E-state index contributed by atoms with van der Waals surface area (Å²) in [4.78, 5) is 11.7. The summed E-state index contributed by atoms with van der Waals surface area (Å²) >= 11 is 0. The smallest absolute Gasteiger partial charge is 0.248 e. The van der Waals surface area contributed by atoms with Crippen molar-refractivity contribution in [2.45, 2.75) is 27.7 Å². The minimum absolute atomic E-state index is 0.129. The summed E-state index contributed by atoms with van der Waals surface area (Å²) in [6.45, 7) is 8.59. The Morgan fingerprint density at radius 1 is 1.33 bits per heavy atom. The Balaban J connectivity index is 2.76. The van der Waals surface area contributed by atoms with Crippen molar-refractivity contribution in [2.75, 3.05) is 11.9 Å². The first-order valence-electron chi connectivity index (χ1n) is 6.16. The Kier molecular flexibility index (Phi) is 5.43. The van der Waals surface area contributed by atoms with Gasteiger partial charge in [0.25, 0.3) is 0 Å². The molecule has 0 saturated heterocycles. The standard InChI is InChI=1S/C15H21NO2/c1-11(2)9-15(17)16-13-7-5-6-8-14(13)18-10-12(3)4/h5-9,12H,10H2,1-4H3,(H,16,17). The predicted octanol–water partition coefficient (Wildman–Crippen LogP) is 3.63. The molecule has 0 aromatic heterocycles. The molecule has 0 saturated carbocycles. The van der Waals surface area contributed by atoms with E-state index in [9.17, 15) is 4.79 Å². The van der Waals surface area contributed by atoms with Gasteiger partial charge in [-0.1, -0.05) is 31.6 Å². The summed E-state index contributed by atoms with van der Waals surface area (Å²) in [6, 6.07) is 7.47. The molecule has 1 amide bonds. The maximum absolute atomic E-state index is 11.7. The quantitative estimate of drug-likeness (QED) is 0.807. The lowest BCUT2D eigenvalue weighted by Gasteiger charge is -2.13. The Hall–Kier alpha value is -1.77. The van der Waals surface area contributed by atoms with Gasteiger partial charge in [-0.05, 0) is 31.9 Å². The van der Waals surface area contributed by atoms with Crippen molar-refractivity contribution in [2.24, 2.45) is 5.92 Å². The van der Waals surface area contributed by atoms with Crippen molar-refractivity contribution in [1.29, 1.82) is 0 Å². The highest BCUT2D eigenvalue weighted by Crippen LogP contribution is 2.24. The summed E-state index contributed by atoms with van der Waals surface area (Å²) < 4.78 is 5.67. The number of para-hydroxylation sites is 2. The van der Waals surface area contributed by atoms with Crippen LogP contribution in [0.3, 0.4) is 0 Å². The minimum Gasteiger partial charge on any atom is -0.491 e. The van der Waals surface area contributed by atoms with Crippen LogP contribution in [0.4, 0.5) is 5.69 Å². The lowest BCUT2D eigenvalue weighted by atomic mass is 10.2. The van der Waals surface area contributed by atoms with E-state index in [4.69, 9.17) is 4.74 Å². The molecular formula is C15H21NO2. The van der Waals surface area contributed by atoms with Gasteiger partial charge < -0.3 is 10.1 Å². The molecule has 3 heteroatoms. The molecule has 0 bridgehead atoms. The van der Waals surface area contributed by atoms with Crippen LogP contribution >= 0.6 is 0 Å². The summed E-state index contributed by atoms with van der Waals surface area (Å²) in [5, 5.41) is 2.83. The molecule has 0 aliphatic rings. The van der Waals surface area contributed by atoms with Crippen LogP contribution < -0.4 is 10.1 Å². The van der Waals surface area contributed by atoms with E-state index in [-0.39, 0.29) is 5.91 Å². The lowest BCUT2D eigenvalue weighted by molar-refractivity contribution is -0.112. The molecule has 98 valence electrons. The van der Waals surface area contributed by atoms with E-state index < -0.39 is 0 Å². The van der Waals surface area contributed by atoms with Crippen LogP contribution in [0.15, 0.2) is 35.9 Å². The van der Waals surface area contributed by atoms with Crippen molar-refractivity contribution in [3.63, 3.8) is 0 Å². The molecule has 0 aliphatic carbocycles. The second kappa shape index (κ2) is 6.84. The zero-order valence-corrected chi connectivity index (χ0v) is 11.5. The summed E-state index contributed by atoms with van der Waals surface area (Å²) in [7, 11) is 0. The summed E-state index contributed by atoms with van der Waals surface area (Å²) in [6.07, 6.45) is 1.57. The van der Waals surface area contributed by atoms with Gasteiger partial charge in [0.2, 0.25) is 5.91 Å². The molecule has 0 aliphatic heterocycles. The number of hydrogen-bond acceptors (Lipinski definition) is 2. The minimum atomic E-state index is -0.129. The fourth-order valence-electron chi connectivity index (χ4n) is 1.38. The van der Waals surface area contributed by atoms with Crippen molar-refractivity contribution < 1.29 is 9.53 Å². The van der Waals surface area contributed by atoms with Crippen LogP contribution in [0, 0.1) is 5.92 Å². The second-order valence-electron chi connectivity index (χ2n) is 4.91. The molecule has 1 aromatic rings. The number of ether oxygens (including phenoxy) is 1. The van der Waals surface area contributed by atoms with Gasteiger partial charge in [0.1, 0.15) is 5.75 Å². The van der Waals surface area contributed by atoms with E-state index in [0.717, 1.165) is 5.57 Å². The maximum Gasteiger partial charge on any atom is 0.248 e. The molecule has 1 rings (SSSR count). The molecular weight excluding hydrogens is 226 g/mol. The van der Waals surface area contributed by atoms with E-state index >= 15 is 0 Å². The predicted molar refractivity (Wildman–Crippen MR) is 74.8 cm³/mol. The molecule has 0 radical (unpaired) electrons. The number of hydrogen-bond donors (Lipinski definition) is 1. The highest BCUT2D eigenvalue weighted by atomic mass is 16.5. The zero-order valence-electron chi connectivity index (χ0n) is 11.5. The van der Waals surface area contributed by atoms with Crippen LogP contribution in [0.25, 0.3) is 0 Å². The number of amides is 1. The number of benzene rings is 1. The first kappa shape index (κ1) is 14.3. The van der Waals surface area contributed by atoms with Crippen molar-refractivity contribution in [3.05, 3.63) is 35.9 Å². The van der Waals surface area contributed by atoms with E-state index in [2.05, 4.69) is 19.2 Å². The molecule has 1 N–H and O–H groups in total. The van der Waals surface area contributed by atoms with Crippen molar-refractivity contribution >= 4 is 11.6 Å². The van der Waals surface area contributed by atoms with Gasteiger partial charge in [0.05, 0.1) is 12.3 Å². The molecule has 18 heavy (non-hydrogen) atoms. The topological polar surface area (TPSA) is 38.3 Å². The van der Waals surface area contributed by atoms with Crippen LogP contribution in [0.1, 0.15) is 27.7 Å². The fraction of sp³-hybridized carbons (Fsp3) is 0.400. The Morgan fingerprint density at radius 3 is 2.61 bits per heavy atom. The monoisotopic (exact) mass is 247 g/mol. The Morgan fingerprint density at radius 2 is 2.00 bits per heavy atom. The Bertz CT molecular complexity index is 432. The number of anilines is 1. The summed E-state index contributed by atoms with van der Waals surface area (Å²) in [5.74, 6) is 1.03. The van der Waals surface area contributed by atoms with Crippen LogP contribution in [0.5, 0.6) is 5.75 Å². The van der Waals surface area contributed by atoms with Gasteiger partial charge in [-0.15, -0.1) is 0 Å². The van der Waals surface area contributed by atoms with E-state index in [1.807, 2.05) is 38.1 Å². The number of carbonyl (C=O) groups excluding carboxylic acids is 1. The highest BCUT2D eigenvalue weighted by molar-refractivity contribution is 6.00. The van der Waals surface area contributed by atoms with Gasteiger partial charge in [-0.2, -0.15) is 0 Å². The van der Waals surface area contributed by atoms with Gasteiger partial charge in [0, 0.05) is 6.08 Å². The normalized spacial score (nSPS) is 10.1. The van der Waals surface area contributed by atoms with Gasteiger partial charge >= 0.3 is 0 Å². The summed E-state index contributed by atoms with van der Waals surface area (Å²) in [5.41, 5.74) is 1.67. The van der Waals surface area contributed by atoms with Crippen molar-refractivity contribution in [1.82, 2.24) is 0 Å². The first-order valence-corrected chi connectivity index (χ1v) is 6.16. The number of carbonyl (C=O) groups is 1. The van der Waals surface area contributed by atoms with Crippen molar-refractivity contribution in [3.8, 4) is 5.75 Å². The largest absolute Gasteiger partial charge is 0.491 e. The maximum atomic E-state index is 11.7. The number of allylic oxidation sites excluding steroid dienone is 1. The molecule has 1 aromatic carbocycles. The van der Waals surface area contributed by atoms with Crippen LogP contribution in [-0.4, -0.2) is 12.5 Å². The molecule has 0 fully saturated rings. The van der Waals surface area contributed by atoms with Gasteiger partial charge in [-0.3, -0.25) is 4.79 Å². The van der Waals surface area contributed by atoms with Gasteiger partial charge in [-0.25, -0.2) is 0 Å². The fourth-order valence-corrected chi connectivity index (χ4v) is 1.38. The lowest BCUT2D eigenvalue weighted by Crippen LogP contribution is -2.11. The third kappa shape index (κ3) is 5.04. The third-order valence-electron chi connectivity index (χ3n) is 2.14. The molecule has 0 atom stereocenters. The molecule has 3 nitrogen and oxygen atoms in total. The number of nitrogens with one attached hydrogen (secondary N) is 1. The van der Waals surface area contributed by atoms with E-state index in [0.29, 0.717) is 24.0 Å². The highest BCUT2D eigenvalue weighted by Gasteiger charge is 2.06. The average molecular weight is 247 g/mol. The van der Waals surface area contributed by atoms with Gasteiger partial charge in [0.15, 0.2) is 0 Å². The third-order valence-corrected chi connectivity index (χ3v) is 2.14. The van der Waals surface area contributed by atoms with E-state index in [1.54, 1.807) is 6.08 Å². The molecule has 0 spiro atoms. The van der Waals surface area contributed by atoms with E-state index in [1.165, 1.54) is 0 Å². The number of rotatable bonds is 5. The van der Waals surface area contributed by atoms with Crippen LogP contribution in [0.2, 0.25) is 0 Å². The molecule has 0 unspecified atom stereocenters. The zero-order chi connectivity index (χ0) is 13.5. The Labute approximate surface area is 109 Å².